The Bertz CT molecular complexity index is 888. The average Bonchev–Trinajstić information content (AvgIpc) is 3.15. The van der Waals surface area contributed by atoms with Crippen LogP contribution in [0.1, 0.15) is 25.5 Å². The van der Waals surface area contributed by atoms with Crippen LogP contribution in [0.5, 0.6) is 0 Å². The van der Waals surface area contributed by atoms with Crippen LogP contribution in [-0.2, 0) is 23.1 Å². The minimum Gasteiger partial charge on any atom is -0.379 e. The molecule has 1 unspecified atom stereocenters. The number of nitrogens with one attached hydrogen (secondary N) is 1. The number of hydrogen-bond donors (Lipinski definition) is 1. The molecule has 1 atom stereocenters. The number of hydrogen-bond acceptors (Lipinski definition) is 5. The van der Waals surface area contributed by atoms with E-state index in [1.54, 1.807) is 12.1 Å². The number of nitrogens with zero attached hydrogens (tertiary/aromatic N) is 4. The van der Waals surface area contributed by atoms with Crippen molar-refractivity contribution in [3.63, 3.8) is 0 Å². The van der Waals surface area contributed by atoms with Crippen molar-refractivity contribution >= 4 is 5.91 Å². The number of rotatable bonds is 6. The molecule has 1 aromatic carbocycles. The van der Waals surface area contributed by atoms with Gasteiger partial charge in [0.2, 0.25) is 5.91 Å². The molecule has 31 heavy (non-hydrogen) atoms. The van der Waals surface area contributed by atoms with Gasteiger partial charge >= 0.3 is 0 Å². The molecule has 0 spiro atoms. The first-order chi connectivity index (χ1) is 15.0. The number of aromatic nitrogens is 2. The van der Waals surface area contributed by atoms with E-state index >= 15 is 0 Å². The molecule has 4 rings (SSSR count). The summed E-state index contributed by atoms with van der Waals surface area (Å²) in [5.41, 5.74) is 2.25. The minimum absolute atomic E-state index is 0.113. The monoisotopic (exact) mass is 429 g/mol. The van der Waals surface area contributed by atoms with Crippen LogP contribution < -0.4 is 5.32 Å². The molecule has 7 nitrogen and oxygen atoms in total. The van der Waals surface area contributed by atoms with Crippen LogP contribution >= 0.6 is 0 Å². The van der Waals surface area contributed by atoms with Crippen molar-refractivity contribution in [1.29, 1.82) is 0 Å². The van der Waals surface area contributed by atoms with Gasteiger partial charge in [-0.3, -0.25) is 19.3 Å². The minimum atomic E-state index is -0.255. The first kappa shape index (κ1) is 21.9. The number of amides is 1. The van der Waals surface area contributed by atoms with Gasteiger partial charge in [-0.15, -0.1) is 0 Å². The topological polar surface area (TPSA) is 62.6 Å². The van der Waals surface area contributed by atoms with Crippen molar-refractivity contribution in [1.82, 2.24) is 24.9 Å². The lowest BCUT2D eigenvalue weighted by atomic mass is 10.0. The summed E-state index contributed by atoms with van der Waals surface area (Å²) < 4.78 is 21.3. The van der Waals surface area contributed by atoms with Gasteiger partial charge in [-0.05, 0) is 38.0 Å². The number of carbonyl (C=O) groups is 1. The van der Waals surface area contributed by atoms with Crippen molar-refractivity contribution in [3.8, 4) is 11.3 Å². The number of benzene rings is 1. The lowest BCUT2D eigenvalue weighted by Crippen LogP contribution is -2.53. The molecule has 2 fully saturated rings. The molecule has 1 amide bonds. The Hall–Kier alpha value is -2.29. The molecule has 1 aromatic heterocycles. The Kier molecular flexibility index (Phi) is 6.99. The van der Waals surface area contributed by atoms with Crippen LogP contribution in [0.15, 0.2) is 30.3 Å². The van der Waals surface area contributed by atoms with Gasteiger partial charge < -0.3 is 10.1 Å². The van der Waals surface area contributed by atoms with Gasteiger partial charge in [0, 0.05) is 51.4 Å². The summed E-state index contributed by atoms with van der Waals surface area (Å²) in [7, 11) is 1.90. The quantitative estimate of drug-likeness (QED) is 0.761. The Morgan fingerprint density at radius 2 is 1.94 bits per heavy atom. The molecule has 8 heteroatoms. The summed E-state index contributed by atoms with van der Waals surface area (Å²) >= 11 is 0. The molecule has 2 saturated heterocycles. The largest absolute Gasteiger partial charge is 0.379 e. The van der Waals surface area contributed by atoms with Crippen LogP contribution in [0, 0.1) is 5.82 Å². The van der Waals surface area contributed by atoms with E-state index in [-0.39, 0.29) is 23.8 Å². The fraction of sp³-hybridized carbons (Fsp3) is 0.565. The highest BCUT2D eigenvalue weighted by Crippen LogP contribution is 2.23. The lowest BCUT2D eigenvalue weighted by molar-refractivity contribution is -0.128. The Morgan fingerprint density at radius 1 is 1.23 bits per heavy atom. The van der Waals surface area contributed by atoms with Gasteiger partial charge in [0.15, 0.2) is 0 Å². The molecule has 0 radical (unpaired) electrons. The molecule has 0 aliphatic carbocycles. The molecule has 2 aromatic rings. The fourth-order valence-corrected chi connectivity index (χ4v) is 4.37. The van der Waals surface area contributed by atoms with Crippen LogP contribution in [0.3, 0.4) is 0 Å². The Morgan fingerprint density at radius 3 is 2.65 bits per heavy atom. The highest BCUT2D eigenvalue weighted by molar-refractivity contribution is 5.81. The van der Waals surface area contributed by atoms with Crippen molar-refractivity contribution in [3.05, 3.63) is 41.8 Å². The summed E-state index contributed by atoms with van der Waals surface area (Å²) in [4.78, 5) is 17.2. The van der Waals surface area contributed by atoms with Crippen LogP contribution in [0.4, 0.5) is 4.39 Å². The first-order valence-corrected chi connectivity index (χ1v) is 11.1. The summed E-state index contributed by atoms with van der Waals surface area (Å²) in [6.07, 6.45) is 1.86. The zero-order chi connectivity index (χ0) is 21.8. The number of morpholine rings is 1. The molecule has 2 aliphatic heterocycles. The van der Waals surface area contributed by atoms with Gasteiger partial charge in [0.1, 0.15) is 5.82 Å². The third-order valence-electron chi connectivity index (χ3n) is 6.42. The van der Waals surface area contributed by atoms with Gasteiger partial charge in [-0.25, -0.2) is 4.39 Å². The lowest BCUT2D eigenvalue weighted by Gasteiger charge is -2.35. The normalized spacial score (nSPS) is 20.0. The van der Waals surface area contributed by atoms with Gasteiger partial charge in [0.05, 0.1) is 30.6 Å². The van der Waals surface area contributed by atoms with Crippen LogP contribution in [0.2, 0.25) is 0 Å². The summed E-state index contributed by atoms with van der Waals surface area (Å²) in [5, 5.41) is 7.74. The second kappa shape index (κ2) is 9.89. The van der Waals surface area contributed by atoms with Crippen LogP contribution in [0.25, 0.3) is 11.3 Å². The smallest absolute Gasteiger partial charge is 0.237 e. The molecular formula is C23H32FN5O2. The van der Waals surface area contributed by atoms with E-state index < -0.39 is 0 Å². The van der Waals surface area contributed by atoms with Crippen LogP contribution in [-0.4, -0.2) is 77.0 Å². The molecule has 0 bridgehead atoms. The number of piperidine rings is 1. The predicted octanol–water partition coefficient (Wildman–Crippen LogP) is 2.03. The van der Waals surface area contributed by atoms with Gasteiger partial charge in [-0.1, -0.05) is 12.1 Å². The van der Waals surface area contributed by atoms with Gasteiger partial charge in [0.25, 0.3) is 0 Å². The first-order valence-electron chi connectivity index (χ1n) is 11.1. The van der Waals surface area contributed by atoms with E-state index in [9.17, 15) is 9.18 Å². The van der Waals surface area contributed by atoms with Crippen molar-refractivity contribution in [2.75, 3.05) is 39.4 Å². The summed E-state index contributed by atoms with van der Waals surface area (Å²) in [6, 6.07) is 8.80. The van der Waals surface area contributed by atoms with E-state index in [0.717, 1.165) is 51.3 Å². The number of likely N-dealkylation sites (tertiary alicyclic amines) is 1. The highest BCUT2D eigenvalue weighted by Gasteiger charge is 2.27. The Balaban J connectivity index is 1.28. The zero-order valence-corrected chi connectivity index (χ0v) is 18.4. The second-order valence-corrected chi connectivity index (χ2v) is 8.51. The van der Waals surface area contributed by atoms with Crippen molar-refractivity contribution in [2.24, 2.45) is 7.05 Å². The summed E-state index contributed by atoms with van der Waals surface area (Å²) in [5.74, 6) is -0.142. The molecule has 1 N–H and O–H groups in total. The number of aryl methyl sites for hydroxylation is 1. The van der Waals surface area contributed by atoms with E-state index in [1.807, 2.05) is 30.8 Å². The third-order valence-corrected chi connectivity index (χ3v) is 6.42. The molecule has 168 valence electrons. The zero-order valence-electron chi connectivity index (χ0n) is 18.4. The van der Waals surface area contributed by atoms with E-state index in [2.05, 4.69) is 20.2 Å². The fourth-order valence-electron chi connectivity index (χ4n) is 4.37. The highest BCUT2D eigenvalue weighted by atomic mass is 19.1. The SMILES string of the molecule is CC(C(=O)NC1CCN(Cc2cc(-c3ccccc3F)nn2C)CC1)N1CCOCC1. The summed E-state index contributed by atoms with van der Waals surface area (Å²) in [6.45, 7) is 7.59. The third kappa shape index (κ3) is 5.31. The average molecular weight is 430 g/mol. The van der Waals surface area contributed by atoms with Crippen molar-refractivity contribution in [2.45, 2.75) is 38.4 Å². The molecule has 3 heterocycles. The standard InChI is InChI=1S/C23H32FN5O2/c1-17(29-11-13-31-14-12-29)23(30)25-18-7-9-28(10-8-18)16-19-15-22(26-27(19)2)20-5-3-4-6-21(20)24/h3-6,15,17-18H,7-14,16H2,1-2H3,(H,25,30). The second-order valence-electron chi connectivity index (χ2n) is 8.51. The van der Waals surface area contributed by atoms with E-state index in [0.29, 0.717) is 24.5 Å². The van der Waals surface area contributed by atoms with Crippen molar-refractivity contribution < 1.29 is 13.9 Å². The maximum Gasteiger partial charge on any atom is 0.237 e. The maximum atomic E-state index is 14.1. The van der Waals surface area contributed by atoms with Gasteiger partial charge in [-0.2, -0.15) is 5.10 Å². The number of carbonyl (C=O) groups excluding carboxylic acids is 1. The maximum absolute atomic E-state index is 14.1. The number of halogens is 1. The molecule has 0 saturated carbocycles. The van der Waals surface area contributed by atoms with E-state index in [4.69, 9.17) is 4.74 Å². The van der Waals surface area contributed by atoms with E-state index in [1.165, 1.54) is 6.07 Å². The predicted molar refractivity (Wildman–Crippen MR) is 117 cm³/mol. The molecule has 2 aliphatic rings. The Labute approximate surface area is 183 Å². The molecular weight excluding hydrogens is 397 g/mol. The number of ether oxygens (including phenoxy) is 1.